The molecular weight excluding hydrogens is 324 g/mol. The summed E-state index contributed by atoms with van der Waals surface area (Å²) >= 11 is 5.08. The van der Waals surface area contributed by atoms with E-state index >= 15 is 0 Å². The smallest absolute Gasteiger partial charge is 0.261 e. The van der Waals surface area contributed by atoms with E-state index in [1.165, 1.54) is 4.90 Å². The Kier molecular flexibility index (Phi) is 3.31. The van der Waals surface area contributed by atoms with Gasteiger partial charge in [-0.25, -0.2) is 0 Å². The number of aromatic nitrogens is 3. The SMILES string of the molecule is Cn1c(CCN2C(=O)c3cccc4cccc(c34)C2=O)n[nH]c1=S. The van der Waals surface area contributed by atoms with Crippen molar-refractivity contribution in [3.63, 3.8) is 0 Å². The summed E-state index contributed by atoms with van der Waals surface area (Å²) < 4.78 is 2.25. The molecule has 120 valence electrons. The van der Waals surface area contributed by atoms with Crippen LogP contribution in [0.2, 0.25) is 0 Å². The summed E-state index contributed by atoms with van der Waals surface area (Å²) in [6.45, 7) is 0.260. The lowest BCUT2D eigenvalue weighted by atomic mass is 9.94. The predicted octanol–water partition coefficient (Wildman–Crippen LogP) is 2.47. The lowest BCUT2D eigenvalue weighted by Gasteiger charge is -2.27. The van der Waals surface area contributed by atoms with E-state index in [1.807, 2.05) is 24.3 Å². The van der Waals surface area contributed by atoms with Gasteiger partial charge in [0.2, 0.25) is 0 Å². The van der Waals surface area contributed by atoms with E-state index in [0.717, 1.165) is 10.8 Å². The van der Waals surface area contributed by atoms with Gasteiger partial charge >= 0.3 is 0 Å². The lowest BCUT2D eigenvalue weighted by Crippen LogP contribution is -2.41. The number of hydrogen-bond donors (Lipinski definition) is 1. The topological polar surface area (TPSA) is 71.0 Å². The number of carbonyl (C=O) groups is 2. The molecular formula is C17H14N4O2S. The van der Waals surface area contributed by atoms with Crippen molar-refractivity contribution in [3.05, 3.63) is 58.1 Å². The average molecular weight is 338 g/mol. The molecule has 0 saturated heterocycles. The van der Waals surface area contributed by atoms with Gasteiger partial charge in [0.1, 0.15) is 5.82 Å². The van der Waals surface area contributed by atoms with Crippen molar-refractivity contribution in [1.29, 1.82) is 0 Å². The highest BCUT2D eigenvalue weighted by Crippen LogP contribution is 2.29. The maximum Gasteiger partial charge on any atom is 0.261 e. The molecule has 4 rings (SSSR count). The molecule has 1 aromatic heterocycles. The first kappa shape index (κ1) is 14.8. The van der Waals surface area contributed by atoms with E-state index in [2.05, 4.69) is 10.2 Å². The Labute approximate surface area is 142 Å². The molecule has 24 heavy (non-hydrogen) atoms. The second kappa shape index (κ2) is 5.38. The first-order chi connectivity index (χ1) is 11.6. The molecule has 2 heterocycles. The van der Waals surface area contributed by atoms with Crippen LogP contribution in [0.5, 0.6) is 0 Å². The molecule has 0 saturated carbocycles. The van der Waals surface area contributed by atoms with Crippen molar-refractivity contribution < 1.29 is 9.59 Å². The fourth-order valence-corrected chi connectivity index (χ4v) is 3.25. The van der Waals surface area contributed by atoms with E-state index in [4.69, 9.17) is 12.2 Å². The summed E-state index contributed by atoms with van der Waals surface area (Å²) in [7, 11) is 1.80. The number of carbonyl (C=O) groups excluding carboxylic acids is 2. The number of rotatable bonds is 3. The standard InChI is InChI=1S/C17H14N4O2S/c1-20-13(18-19-17(20)24)8-9-21-15(22)11-6-2-4-10-5-3-7-12(14(10)11)16(21)23/h2-7H,8-9H2,1H3,(H,19,24). The van der Waals surface area contributed by atoms with E-state index < -0.39 is 0 Å². The maximum atomic E-state index is 12.8. The Morgan fingerprint density at radius 1 is 1.08 bits per heavy atom. The first-order valence-corrected chi connectivity index (χ1v) is 7.97. The molecule has 0 spiro atoms. The number of hydrogen-bond acceptors (Lipinski definition) is 4. The molecule has 7 heteroatoms. The van der Waals surface area contributed by atoms with E-state index in [-0.39, 0.29) is 18.4 Å². The van der Waals surface area contributed by atoms with Gasteiger partial charge in [-0.05, 0) is 29.7 Å². The van der Waals surface area contributed by atoms with Crippen LogP contribution in [-0.2, 0) is 13.5 Å². The van der Waals surface area contributed by atoms with Crippen molar-refractivity contribution in [1.82, 2.24) is 19.7 Å². The number of benzene rings is 2. The number of amides is 2. The number of aromatic amines is 1. The summed E-state index contributed by atoms with van der Waals surface area (Å²) in [5, 5.41) is 8.48. The first-order valence-electron chi connectivity index (χ1n) is 7.56. The number of nitrogens with one attached hydrogen (secondary N) is 1. The van der Waals surface area contributed by atoms with Crippen LogP contribution in [0.15, 0.2) is 36.4 Å². The summed E-state index contributed by atoms with van der Waals surface area (Å²) in [5.41, 5.74) is 1.14. The largest absolute Gasteiger partial charge is 0.307 e. The minimum atomic E-state index is -0.263. The molecule has 1 aliphatic rings. The minimum absolute atomic E-state index is 0.260. The zero-order chi connectivity index (χ0) is 16.8. The molecule has 0 aliphatic carbocycles. The summed E-state index contributed by atoms with van der Waals surface area (Å²) in [5.74, 6) is 0.180. The fourth-order valence-electron chi connectivity index (χ4n) is 3.10. The summed E-state index contributed by atoms with van der Waals surface area (Å²) in [4.78, 5) is 26.8. The van der Waals surface area contributed by atoms with Crippen LogP contribution in [0.3, 0.4) is 0 Å². The summed E-state index contributed by atoms with van der Waals surface area (Å²) in [6, 6.07) is 11.0. The highest BCUT2D eigenvalue weighted by atomic mass is 32.1. The van der Waals surface area contributed by atoms with Crippen molar-refractivity contribution in [2.24, 2.45) is 7.05 Å². The number of imide groups is 1. The Hall–Kier alpha value is -2.80. The van der Waals surface area contributed by atoms with Crippen LogP contribution in [0.1, 0.15) is 26.5 Å². The van der Waals surface area contributed by atoms with Crippen molar-refractivity contribution >= 4 is 34.8 Å². The van der Waals surface area contributed by atoms with Gasteiger partial charge in [-0.3, -0.25) is 19.6 Å². The van der Waals surface area contributed by atoms with Gasteiger partial charge in [0, 0.05) is 36.5 Å². The van der Waals surface area contributed by atoms with Crippen LogP contribution in [0, 0.1) is 4.77 Å². The maximum absolute atomic E-state index is 12.8. The van der Waals surface area contributed by atoms with Crippen LogP contribution >= 0.6 is 12.2 Å². The highest BCUT2D eigenvalue weighted by Gasteiger charge is 2.32. The monoisotopic (exact) mass is 338 g/mol. The second-order valence-electron chi connectivity index (χ2n) is 5.73. The van der Waals surface area contributed by atoms with Crippen LogP contribution in [-0.4, -0.2) is 38.0 Å². The van der Waals surface area contributed by atoms with Gasteiger partial charge in [0.05, 0.1) is 0 Å². The Morgan fingerprint density at radius 3 is 2.25 bits per heavy atom. The Balaban J connectivity index is 1.71. The third-order valence-corrected chi connectivity index (χ3v) is 4.75. The highest BCUT2D eigenvalue weighted by molar-refractivity contribution is 7.71. The van der Waals surface area contributed by atoms with Crippen molar-refractivity contribution in [2.45, 2.75) is 6.42 Å². The molecule has 0 bridgehead atoms. The normalized spacial score (nSPS) is 13.8. The molecule has 0 fully saturated rings. The lowest BCUT2D eigenvalue weighted by molar-refractivity contribution is 0.0611. The molecule has 0 atom stereocenters. The Bertz CT molecular complexity index is 999. The zero-order valence-corrected chi connectivity index (χ0v) is 13.8. The molecule has 0 unspecified atom stereocenters. The van der Waals surface area contributed by atoms with E-state index in [9.17, 15) is 9.59 Å². The van der Waals surface area contributed by atoms with Crippen molar-refractivity contribution in [2.75, 3.05) is 6.54 Å². The molecule has 3 aromatic rings. The second-order valence-corrected chi connectivity index (χ2v) is 6.11. The molecule has 6 nitrogen and oxygen atoms in total. The third-order valence-electron chi connectivity index (χ3n) is 4.39. The van der Waals surface area contributed by atoms with Gasteiger partial charge in [-0.15, -0.1) is 0 Å². The van der Waals surface area contributed by atoms with Crippen molar-refractivity contribution in [3.8, 4) is 0 Å². The number of nitrogens with zero attached hydrogens (tertiary/aromatic N) is 3. The van der Waals surface area contributed by atoms with Crippen LogP contribution < -0.4 is 0 Å². The summed E-state index contributed by atoms with van der Waals surface area (Å²) in [6.07, 6.45) is 0.444. The molecule has 1 N–H and O–H groups in total. The predicted molar refractivity (Wildman–Crippen MR) is 91.4 cm³/mol. The minimum Gasteiger partial charge on any atom is -0.307 e. The van der Waals surface area contributed by atoms with E-state index in [0.29, 0.717) is 28.1 Å². The Morgan fingerprint density at radius 2 is 1.71 bits per heavy atom. The number of H-pyrrole nitrogens is 1. The van der Waals surface area contributed by atoms with Crippen LogP contribution in [0.25, 0.3) is 10.8 Å². The van der Waals surface area contributed by atoms with Gasteiger partial charge in [0.25, 0.3) is 11.8 Å². The fraction of sp³-hybridized carbons (Fsp3) is 0.176. The van der Waals surface area contributed by atoms with Gasteiger partial charge in [-0.1, -0.05) is 24.3 Å². The molecule has 2 amide bonds. The van der Waals surface area contributed by atoms with Gasteiger partial charge < -0.3 is 4.57 Å². The zero-order valence-electron chi connectivity index (χ0n) is 12.9. The van der Waals surface area contributed by atoms with Gasteiger partial charge in [-0.2, -0.15) is 5.10 Å². The molecule has 2 aromatic carbocycles. The molecule has 1 aliphatic heterocycles. The molecule has 0 radical (unpaired) electrons. The van der Waals surface area contributed by atoms with Crippen LogP contribution in [0.4, 0.5) is 0 Å². The van der Waals surface area contributed by atoms with Gasteiger partial charge in [0.15, 0.2) is 4.77 Å². The quantitative estimate of drug-likeness (QED) is 0.588. The van der Waals surface area contributed by atoms with E-state index in [1.54, 1.807) is 23.7 Å². The third kappa shape index (κ3) is 2.09. The average Bonchev–Trinajstić information content (AvgIpc) is 2.91.